The molecule has 3 rings (SSSR count). The van der Waals surface area contributed by atoms with Crippen LogP contribution in [0, 0.1) is 0 Å². The molecule has 0 aliphatic carbocycles. The van der Waals surface area contributed by atoms with Gasteiger partial charge in [0.25, 0.3) is 5.91 Å². The fraction of sp³-hybridized carbons (Fsp3) is 0.417. The summed E-state index contributed by atoms with van der Waals surface area (Å²) in [5.74, 6) is 0.0337. The summed E-state index contributed by atoms with van der Waals surface area (Å²) in [6.45, 7) is 1.92. The van der Waals surface area contributed by atoms with E-state index in [-0.39, 0.29) is 11.6 Å². The second-order valence-corrected chi connectivity index (χ2v) is 5.56. The first-order valence-corrected chi connectivity index (χ1v) is 7.43. The lowest BCUT2D eigenvalue weighted by molar-refractivity contribution is 0.102. The van der Waals surface area contributed by atoms with Gasteiger partial charge in [0, 0.05) is 0 Å². The van der Waals surface area contributed by atoms with Crippen LogP contribution in [0.25, 0.3) is 0 Å². The highest BCUT2D eigenvalue weighted by molar-refractivity contribution is 9.10. The zero-order valence-electron chi connectivity index (χ0n) is 11.2. The van der Waals surface area contributed by atoms with E-state index >= 15 is 0 Å². The lowest BCUT2D eigenvalue weighted by atomic mass is 10.1. The third-order valence-electron chi connectivity index (χ3n) is 3.29. The predicted octanol–water partition coefficient (Wildman–Crippen LogP) is 1.01. The van der Waals surface area contributed by atoms with E-state index in [0.29, 0.717) is 16.5 Å². The standard InChI is InChI=1S/C12H14BrN7O/c13-10-5-16-11(6-15-10)17-12(21)9-7-20(19-18-9)8-1-3-14-4-2-8/h5-8,14H,1-4H2,(H,16,17,21). The van der Waals surface area contributed by atoms with Crippen molar-refractivity contribution in [2.45, 2.75) is 18.9 Å². The average molecular weight is 352 g/mol. The second-order valence-electron chi connectivity index (χ2n) is 4.74. The Bertz CT molecular complexity index is 621. The molecule has 2 aromatic heterocycles. The fourth-order valence-electron chi connectivity index (χ4n) is 2.19. The number of amides is 1. The van der Waals surface area contributed by atoms with E-state index in [1.807, 2.05) is 0 Å². The van der Waals surface area contributed by atoms with Crippen LogP contribution in [0.5, 0.6) is 0 Å². The van der Waals surface area contributed by atoms with E-state index in [1.54, 1.807) is 10.9 Å². The topological polar surface area (TPSA) is 97.6 Å². The molecule has 1 saturated heterocycles. The Morgan fingerprint density at radius 1 is 1.33 bits per heavy atom. The lowest BCUT2D eigenvalue weighted by Crippen LogP contribution is -2.29. The van der Waals surface area contributed by atoms with Gasteiger partial charge in [-0.1, -0.05) is 5.21 Å². The zero-order valence-corrected chi connectivity index (χ0v) is 12.7. The average Bonchev–Trinajstić information content (AvgIpc) is 3.00. The van der Waals surface area contributed by atoms with E-state index in [2.05, 4.69) is 46.8 Å². The molecule has 0 spiro atoms. The summed E-state index contributed by atoms with van der Waals surface area (Å²) in [7, 11) is 0. The van der Waals surface area contributed by atoms with Crippen LogP contribution in [-0.2, 0) is 0 Å². The number of aromatic nitrogens is 5. The number of nitrogens with zero attached hydrogens (tertiary/aromatic N) is 5. The second kappa shape index (κ2) is 6.27. The molecule has 110 valence electrons. The van der Waals surface area contributed by atoms with Gasteiger partial charge in [0.05, 0.1) is 24.6 Å². The van der Waals surface area contributed by atoms with Crippen LogP contribution in [0.4, 0.5) is 5.82 Å². The number of hydrogen-bond acceptors (Lipinski definition) is 6. The number of halogens is 1. The van der Waals surface area contributed by atoms with Gasteiger partial charge in [-0.2, -0.15) is 0 Å². The number of anilines is 1. The van der Waals surface area contributed by atoms with Gasteiger partial charge in [0.2, 0.25) is 0 Å². The van der Waals surface area contributed by atoms with E-state index in [4.69, 9.17) is 0 Å². The van der Waals surface area contributed by atoms with Crippen molar-refractivity contribution in [3.63, 3.8) is 0 Å². The molecular weight excluding hydrogens is 338 g/mol. The number of carbonyl (C=O) groups excluding carboxylic acids is 1. The highest BCUT2D eigenvalue weighted by atomic mass is 79.9. The molecule has 0 saturated carbocycles. The molecule has 0 bridgehead atoms. The van der Waals surface area contributed by atoms with Gasteiger partial charge >= 0.3 is 0 Å². The maximum absolute atomic E-state index is 12.1. The molecule has 2 aromatic rings. The lowest BCUT2D eigenvalue weighted by Gasteiger charge is -2.22. The van der Waals surface area contributed by atoms with Crippen LogP contribution in [0.3, 0.4) is 0 Å². The highest BCUT2D eigenvalue weighted by Gasteiger charge is 2.19. The number of rotatable bonds is 3. The number of hydrogen-bond donors (Lipinski definition) is 2. The monoisotopic (exact) mass is 351 g/mol. The van der Waals surface area contributed by atoms with Crippen molar-refractivity contribution < 1.29 is 4.79 Å². The Morgan fingerprint density at radius 2 is 2.14 bits per heavy atom. The summed E-state index contributed by atoms with van der Waals surface area (Å²) >= 11 is 3.19. The molecule has 9 heteroatoms. The van der Waals surface area contributed by atoms with Crippen molar-refractivity contribution in [1.82, 2.24) is 30.3 Å². The van der Waals surface area contributed by atoms with Crippen LogP contribution < -0.4 is 10.6 Å². The zero-order chi connectivity index (χ0) is 14.7. The maximum Gasteiger partial charge on any atom is 0.279 e. The van der Waals surface area contributed by atoms with Gasteiger partial charge in [0.15, 0.2) is 11.5 Å². The maximum atomic E-state index is 12.1. The molecule has 0 unspecified atom stereocenters. The summed E-state index contributed by atoms with van der Waals surface area (Å²) in [5, 5.41) is 13.9. The van der Waals surface area contributed by atoms with Crippen molar-refractivity contribution in [3.05, 3.63) is 28.9 Å². The van der Waals surface area contributed by atoms with E-state index in [9.17, 15) is 4.79 Å². The largest absolute Gasteiger partial charge is 0.317 e. The summed E-state index contributed by atoms with van der Waals surface area (Å²) in [6, 6.07) is 0.299. The predicted molar refractivity (Wildman–Crippen MR) is 78.8 cm³/mol. The molecular formula is C12H14BrN7O. The van der Waals surface area contributed by atoms with Gasteiger partial charge < -0.3 is 10.6 Å². The quantitative estimate of drug-likeness (QED) is 0.856. The minimum Gasteiger partial charge on any atom is -0.317 e. The molecule has 0 radical (unpaired) electrons. The normalized spacial score (nSPS) is 15.9. The molecule has 1 amide bonds. The van der Waals surface area contributed by atoms with Gasteiger partial charge in [-0.3, -0.25) is 4.79 Å². The van der Waals surface area contributed by atoms with Crippen LogP contribution in [0.2, 0.25) is 0 Å². The Hall–Kier alpha value is -1.87. The fourth-order valence-corrected chi connectivity index (χ4v) is 2.39. The van der Waals surface area contributed by atoms with Crippen molar-refractivity contribution >= 4 is 27.7 Å². The smallest absolute Gasteiger partial charge is 0.279 e. The molecule has 8 nitrogen and oxygen atoms in total. The number of nitrogens with one attached hydrogen (secondary N) is 2. The SMILES string of the molecule is O=C(Nc1cnc(Br)cn1)c1cn(C2CCNCC2)nn1. The molecule has 3 heterocycles. The van der Waals surface area contributed by atoms with Gasteiger partial charge in [0.1, 0.15) is 4.60 Å². The van der Waals surface area contributed by atoms with Crippen molar-refractivity contribution in [1.29, 1.82) is 0 Å². The molecule has 0 atom stereocenters. The minimum absolute atomic E-state index is 0.276. The van der Waals surface area contributed by atoms with E-state index < -0.39 is 0 Å². The third-order valence-corrected chi connectivity index (χ3v) is 3.70. The van der Waals surface area contributed by atoms with Crippen LogP contribution >= 0.6 is 15.9 Å². The van der Waals surface area contributed by atoms with Crippen molar-refractivity contribution in [3.8, 4) is 0 Å². The Balaban J connectivity index is 1.67. The third kappa shape index (κ3) is 3.42. The number of carbonyl (C=O) groups is 1. The van der Waals surface area contributed by atoms with Gasteiger partial charge in [-0.15, -0.1) is 5.10 Å². The van der Waals surface area contributed by atoms with Crippen LogP contribution in [0.1, 0.15) is 29.4 Å². The van der Waals surface area contributed by atoms with Gasteiger partial charge in [-0.05, 0) is 41.9 Å². The molecule has 2 N–H and O–H groups in total. The first kappa shape index (κ1) is 14.1. The minimum atomic E-state index is -0.341. The first-order valence-electron chi connectivity index (χ1n) is 6.64. The van der Waals surface area contributed by atoms with Crippen LogP contribution in [0.15, 0.2) is 23.2 Å². The Kier molecular flexibility index (Phi) is 4.20. The highest BCUT2D eigenvalue weighted by Crippen LogP contribution is 2.17. The van der Waals surface area contributed by atoms with Gasteiger partial charge in [-0.25, -0.2) is 14.6 Å². The summed E-state index contributed by atoms with van der Waals surface area (Å²) in [4.78, 5) is 20.1. The number of piperidine rings is 1. The summed E-state index contributed by atoms with van der Waals surface area (Å²) in [5.41, 5.74) is 0.276. The first-order chi connectivity index (χ1) is 10.2. The summed E-state index contributed by atoms with van der Waals surface area (Å²) in [6.07, 6.45) is 6.64. The van der Waals surface area contributed by atoms with E-state index in [1.165, 1.54) is 12.4 Å². The Morgan fingerprint density at radius 3 is 2.86 bits per heavy atom. The molecule has 1 aliphatic heterocycles. The van der Waals surface area contributed by atoms with E-state index in [0.717, 1.165) is 25.9 Å². The summed E-state index contributed by atoms with van der Waals surface area (Å²) < 4.78 is 2.38. The van der Waals surface area contributed by atoms with Crippen LogP contribution in [-0.4, -0.2) is 44.0 Å². The van der Waals surface area contributed by atoms with Crippen molar-refractivity contribution in [2.24, 2.45) is 0 Å². The molecule has 1 aliphatic rings. The molecule has 0 aromatic carbocycles. The molecule has 21 heavy (non-hydrogen) atoms. The Labute approximate surface area is 129 Å². The molecule has 1 fully saturated rings. The van der Waals surface area contributed by atoms with Crippen molar-refractivity contribution in [2.75, 3.05) is 18.4 Å².